The second kappa shape index (κ2) is 7.67. The predicted molar refractivity (Wildman–Crippen MR) is 83.2 cm³/mol. The van der Waals surface area contributed by atoms with Crippen LogP contribution >= 0.6 is 0 Å². The minimum Gasteiger partial charge on any atom is -0.463 e. The molecule has 0 heterocycles. The minimum absolute atomic E-state index is 0.127. The molecule has 0 aliphatic rings. The molecule has 4 nitrogen and oxygen atoms in total. The van der Waals surface area contributed by atoms with Crippen LogP contribution in [0, 0.1) is 11.6 Å². The van der Waals surface area contributed by atoms with Gasteiger partial charge in [0.05, 0.1) is 6.61 Å². The largest absolute Gasteiger partial charge is 0.463 e. The Hall–Kier alpha value is -2.38. The van der Waals surface area contributed by atoms with Crippen LogP contribution in [-0.4, -0.2) is 28.5 Å². The van der Waals surface area contributed by atoms with Crippen molar-refractivity contribution >= 4 is 5.97 Å². The van der Waals surface area contributed by atoms with Crippen LogP contribution in [-0.2, 0) is 9.53 Å². The Kier molecular flexibility index (Phi) is 5.81. The number of esters is 1. The zero-order valence-corrected chi connectivity index (χ0v) is 13.3. The van der Waals surface area contributed by atoms with E-state index < -0.39 is 35.5 Å². The summed E-state index contributed by atoms with van der Waals surface area (Å²) in [6.45, 7) is 1.25. The highest BCUT2D eigenvalue weighted by atomic mass is 19.1. The van der Waals surface area contributed by atoms with E-state index in [9.17, 15) is 23.8 Å². The Labute approximate surface area is 142 Å². The number of carbonyl (C=O) groups is 1. The quantitative estimate of drug-likeness (QED) is 0.783. The first-order valence-electron chi connectivity index (χ1n) is 7.53. The summed E-state index contributed by atoms with van der Waals surface area (Å²) in [5, 5.41) is 20.8. The lowest BCUT2D eigenvalue weighted by Gasteiger charge is -2.32. The summed E-state index contributed by atoms with van der Waals surface area (Å²) < 4.78 is 46.3. The van der Waals surface area contributed by atoms with Crippen molar-refractivity contribution in [3.8, 4) is 0 Å². The van der Waals surface area contributed by atoms with Gasteiger partial charge in [-0.15, -0.1) is 0 Å². The van der Waals surface area contributed by atoms with Gasteiger partial charge in [-0.2, -0.15) is 0 Å². The highest BCUT2D eigenvalue weighted by Gasteiger charge is 2.54. The molecule has 0 saturated carbocycles. The molecule has 25 heavy (non-hydrogen) atoms. The van der Waals surface area contributed by atoms with Gasteiger partial charge in [0, 0.05) is 0 Å². The standard InChI is InChI=1S/C18H17F3O4/c1-2-25-17(24)18(21,15(22)11-3-7-13(19)8-4-11)16(23)12-5-9-14(20)10-6-12/h3-10,15-16,22-23H,2H2,1H3. The number of halogens is 3. The lowest BCUT2D eigenvalue weighted by atomic mass is 9.84. The molecular weight excluding hydrogens is 337 g/mol. The van der Waals surface area contributed by atoms with Crippen molar-refractivity contribution in [2.24, 2.45) is 0 Å². The second-order valence-electron chi connectivity index (χ2n) is 5.40. The highest BCUT2D eigenvalue weighted by Crippen LogP contribution is 2.41. The van der Waals surface area contributed by atoms with Crippen LogP contribution in [0.3, 0.4) is 0 Å². The van der Waals surface area contributed by atoms with Crippen molar-refractivity contribution in [2.75, 3.05) is 6.61 Å². The summed E-state index contributed by atoms with van der Waals surface area (Å²) in [5.74, 6) is -2.71. The smallest absolute Gasteiger partial charge is 0.350 e. The summed E-state index contributed by atoms with van der Waals surface area (Å²) in [4.78, 5) is 12.2. The molecule has 0 saturated heterocycles. The number of aliphatic hydroxyl groups is 2. The van der Waals surface area contributed by atoms with Crippen molar-refractivity contribution < 1.29 is 32.9 Å². The monoisotopic (exact) mass is 354 g/mol. The Morgan fingerprint density at radius 1 is 0.960 bits per heavy atom. The zero-order chi connectivity index (χ0) is 18.6. The van der Waals surface area contributed by atoms with Gasteiger partial charge >= 0.3 is 5.97 Å². The van der Waals surface area contributed by atoms with E-state index >= 15 is 4.39 Å². The third-order valence-electron chi connectivity index (χ3n) is 3.76. The van der Waals surface area contributed by atoms with Crippen LogP contribution in [0.5, 0.6) is 0 Å². The third-order valence-corrected chi connectivity index (χ3v) is 3.76. The van der Waals surface area contributed by atoms with Crippen molar-refractivity contribution in [3.05, 3.63) is 71.3 Å². The maximum atomic E-state index is 15.6. The van der Waals surface area contributed by atoms with Crippen molar-refractivity contribution in [3.63, 3.8) is 0 Å². The van der Waals surface area contributed by atoms with Gasteiger partial charge in [0.15, 0.2) is 0 Å². The van der Waals surface area contributed by atoms with Crippen LogP contribution in [0.4, 0.5) is 13.2 Å². The van der Waals surface area contributed by atoms with Gasteiger partial charge in [0.25, 0.3) is 5.67 Å². The number of alkyl halides is 1. The molecule has 2 aromatic carbocycles. The molecule has 0 aliphatic heterocycles. The first-order valence-corrected chi connectivity index (χ1v) is 7.53. The second-order valence-corrected chi connectivity index (χ2v) is 5.40. The van der Waals surface area contributed by atoms with E-state index in [1.54, 1.807) is 0 Å². The molecule has 0 aromatic heterocycles. The maximum Gasteiger partial charge on any atom is 0.350 e. The Balaban J connectivity index is 2.47. The van der Waals surface area contributed by atoms with E-state index in [0.717, 1.165) is 48.5 Å². The summed E-state index contributed by atoms with van der Waals surface area (Å²) in [7, 11) is 0. The summed E-state index contributed by atoms with van der Waals surface area (Å²) in [6.07, 6.45) is -4.26. The van der Waals surface area contributed by atoms with Crippen LogP contribution in [0.15, 0.2) is 48.5 Å². The Bertz CT molecular complexity index is 665. The molecule has 2 atom stereocenters. The van der Waals surface area contributed by atoms with Crippen molar-refractivity contribution in [1.29, 1.82) is 0 Å². The first-order chi connectivity index (χ1) is 11.8. The molecule has 0 aliphatic carbocycles. The summed E-state index contributed by atoms with van der Waals surface area (Å²) >= 11 is 0. The van der Waals surface area contributed by atoms with E-state index in [0.29, 0.717) is 0 Å². The lowest BCUT2D eigenvalue weighted by molar-refractivity contribution is -0.181. The van der Waals surface area contributed by atoms with E-state index in [2.05, 4.69) is 4.74 Å². The SMILES string of the molecule is CCOC(=O)C(F)(C(O)c1ccc(F)cc1)C(O)c1ccc(F)cc1. The molecular formula is C18H17F3O4. The van der Waals surface area contributed by atoms with Gasteiger partial charge in [-0.25, -0.2) is 18.0 Å². The molecule has 134 valence electrons. The molecule has 0 amide bonds. The number of ether oxygens (including phenoxy) is 1. The Morgan fingerprint density at radius 3 is 1.64 bits per heavy atom. The summed E-state index contributed by atoms with van der Waals surface area (Å²) in [5.41, 5.74) is -3.53. The van der Waals surface area contributed by atoms with Crippen LogP contribution < -0.4 is 0 Å². The van der Waals surface area contributed by atoms with Gasteiger partial charge in [-0.05, 0) is 42.3 Å². The van der Waals surface area contributed by atoms with E-state index in [-0.39, 0.29) is 17.7 Å². The molecule has 0 fully saturated rings. The molecule has 0 bridgehead atoms. The number of hydrogen-bond donors (Lipinski definition) is 2. The molecule has 0 spiro atoms. The summed E-state index contributed by atoms with van der Waals surface area (Å²) in [6, 6.07) is 8.28. The molecule has 2 N–H and O–H groups in total. The van der Waals surface area contributed by atoms with E-state index in [4.69, 9.17) is 0 Å². The van der Waals surface area contributed by atoms with Crippen molar-refractivity contribution in [1.82, 2.24) is 0 Å². The fourth-order valence-electron chi connectivity index (χ4n) is 2.39. The molecule has 7 heteroatoms. The Morgan fingerprint density at radius 2 is 1.32 bits per heavy atom. The number of benzene rings is 2. The number of rotatable bonds is 6. The van der Waals surface area contributed by atoms with Crippen LogP contribution in [0.2, 0.25) is 0 Å². The molecule has 2 rings (SSSR count). The average Bonchev–Trinajstić information content (AvgIpc) is 2.61. The number of carbonyl (C=O) groups excluding carboxylic acids is 1. The average molecular weight is 354 g/mol. The lowest BCUT2D eigenvalue weighted by Crippen LogP contribution is -2.47. The van der Waals surface area contributed by atoms with Crippen molar-refractivity contribution in [2.45, 2.75) is 24.8 Å². The fraction of sp³-hybridized carbons (Fsp3) is 0.278. The molecule has 2 unspecified atom stereocenters. The normalized spacial score (nSPS) is 15.9. The van der Waals surface area contributed by atoms with Gasteiger partial charge in [0.2, 0.25) is 0 Å². The van der Waals surface area contributed by atoms with Gasteiger partial charge < -0.3 is 14.9 Å². The van der Waals surface area contributed by atoms with E-state index in [1.807, 2.05) is 0 Å². The first kappa shape index (κ1) is 19.0. The topological polar surface area (TPSA) is 66.8 Å². The molecule has 2 aromatic rings. The highest BCUT2D eigenvalue weighted by molar-refractivity contribution is 5.82. The zero-order valence-electron chi connectivity index (χ0n) is 13.3. The van der Waals surface area contributed by atoms with Crippen LogP contribution in [0.1, 0.15) is 30.3 Å². The third kappa shape index (κ3) is 3.83. The predicted octanol–water partition coefficient (Wildman–Crippen LogP) is 3.00. The maximum absolute atomic E-state index is 15.6. The number of hydrogen-bond acceptors (Lipinski definition) is 4. The fourth-order valence-corrected chi connectivity index (χ4v) is 2.39. The van der Waals surface area contributed by atoms with E-state index in [1.165, 1.54) is 6.92 Å². The van der Waals surface area contributed by atoms with Gasteiger partial charge in [-0.3, -0.25) is 0 Å². The minimum atomic E-state index is -3.27. The van der Waals surface area contributed by atoms with Gasteiger partial charge in [-0.1, -0.05) is 24.3 Å². The van der Waals surface area contributed by atoms with Gasteiger partial charge in [0.1, 0.15) is 23.8 Å². The number of aliphatic hydroxyl groups excluding tert-OH is 2. The van der Waals surface area contributed by atoms with Crippen LogP contribution in [0.25, 0.3) is 0 Å². The molecule has 0 radical (unpaired) electrons.